The zero-order valence-corrected chi connectivity index (χ0v) is 17.0. The first-order chi connectivity index (χ1) is 13.7. The molecule has 0 unspecified atom stereocenters. The van der Waals surface area contributed by atoms with Crippen molar-refractivity contribution in [2.75, 3.05) is 13.2 Å². The number of hydrogen-bond donors (Lipinski definition) is 0. The second kappa shape index (κ2) is 8.27. The lowest BCUT2D eigenvalue weighted by Gasteiger charge is -2.06. The Morgan fingerprint density at radius 2 is 2.00 bits per heavy atom. The first-order valence-electron chi connectivity index (χ1n) is 9.11. The molecule has 0 spiro atoms. The van der Waals surface area contributed by atoms with Crippen LogP contribution in [0.25, 0.3) is 21.0 Å². The molecule has 0 saturated heterocycles. The third-order valence-corrected chi connectivity index (χ3v) is 5.87. The molecule has 1 heterocycles. The number of halogens is 1. The van der Waals surface area contributed by atoms with E-state index in [1.165, 1.54) is 16.7 Å². The van der Waals surface area contributed by atoms with Crippen molar-refractivity contribution in [2.45, 2.75) is 13.5 Å². The van der Waals surface area contributed by atoms with Crippen LogP contribution in [0.5, 0.6) is 0 Å². The predicted molar refractivity (Wildman–Crippen MR) is 115 cm³/mol. The third-order valence-electron chi connectivity index (χ3n) is 4.51. The van der Waals surface area contributed by atoms with Gasteiger partial charge in [0, 0.05) is 29.1 Å². The monoisotopic (exact) mass is 410 g/mol. The Hall–Kier alpha value is -2.47. The Morgan fingerprint density at radius 3 is 2.82 bits per heavy atom. The van der Waals surface area contributed by atoms with Crippen LogP contribution in [0.2, 0.25) is 5.02 Å². The highest BCUT2D eigenvalue weighted by Crippen LogP contribution is 2.27. The number of thiazole rings is 1. The van der Waals surface area contributed by atoms with Crippen molar-refractivity contribution in [2.24, 2.45) is 4.99 Å². The standard InChI is InChI=1S/C22H19ClN2O2S/c1-2-27-13-12-25-19-11-10-15-6-3-4-9-18(15)20(19)28-22(25)24-21(26)16-7-5-8-17(23)14-16/h3-11,14H,2,12-13H2,1H3. The number of aromatic nitrogens is 1. The number of hydrogen-bond acceptors (Lipinski definition) is 3. The van der Waals surface area contributed by atoms with Crippen LogP contribution in [-0.2, 0) is 11.3 Å². The summed E-state index contributed by atoms with van der Waals surface area (Å²) in [6.45, 7) is 3.82. The minimum Gasteiger partial charge on any atom is -0.380 e. The van der Waals surface area contributed by atoms with Crippen LogP contribution >= 0.6 is 22.9 Å². The summed E-state index contributed by atoms with van der Waals surface area (Å²) in [6.07, 6.45) is 0. The van der Waals surface area contributed by atoms with Crippen LogP contribution in [-0.4, -0.2) is 23.7 Å². The Morgan fingerprint density at radius 1 is 1.14 bits per heavy atom. The summed E-state index contributed by atoms with van der Waals surface area (Å²) in [7, 11) is 0. The average molecular weight is 411 g/mol. The lowest BCUT2D eigenvalue weighted by Crippen LogP contribution is -2.19. The highest BCUT2D eigenvalue weighted by Gasteiger charge is 2.12. The van der Waals surface area contributed by atoms with E-state index in [2.05, 4.69) is 33.8 Å². The molecule has 0 radical (unpaired) electrons. The SMILES string of the molecule is CCOCCn1c(=NC(=O)c2cccc(Cl)c2)sc2c3ccccc3ccc21. The van der Waals surface area contributed by atoms with E-state index in [4.69, 9.17) is 16.3 Å². The number of amides is 1. The topological polar surface area (TPSA) is 43.6 Å². The fourth-order valence-corrected chi connectivity index (χ4v) is 4.55. The number of rotatable bonds is 5. The van der Waals surface area contributed by atoms with Gasteiger partial charge in [0.25, 0.3) is 5.91 Å². The number of benzene rings is 3. The number of nitrogens with zero attached hydrogens (tertiary/aromatic N) is 2. The molecule has 0 aliphatic rings. The van der Waals surface area contributed by atoms with Gasteiger partial charge in [0.15, 0.2) is 4.80 Å². The summed E-state index contributed by atoms with van der Waals surface area (Å²) >= 11 is 7.55. The van der Waals surface area contributed by atoms with E-state index >= 15 is 0 Å². The molecule has 0 N–H and O–H groups in total. The van der Waals surface area contributed by atoms with Crippen molar-refractivity contribution >= 4 is 49.8 Å². The van der Waals surface area contributed by atoms with Gasteiger partial charge in [0.1, 0.15) is 0 Å². The van der Waals surface area contributed by atoms with Crippen LogP contribution in [0.3, 0.4) is 0 Å². The molecule has 0 fully saturated rings. The normalized spacial score (nSPS) is 12.1. The van der Waals surface area contributed by atoms with Gasteiger partial charge in [0.2, 0.25) is 0 Å². The lowest BCUT2D eigenvalue weighted by molar-refractivity contribution is 0.0996. The summed E-state index contributed by atoms with van der Waals surface area (Å²) in [5.41, 5.74) is 1.53. The second-order valence-corrected chi connectivity index (χ2v) is 7.71. The smallest absolute Gasteiger partial charge is 0.279 e. The molecule has 1 aromatic heterocycles. The highest BCUT2D eigenvalue weighted by molar-refractivity contribution is 7.17. The number of ether oxygens (including phenoxy) is 1. The molecular formula is C22H19ClN2O2S. The Kier molecular flexibility index (Phi) is 5.57. The van der Waals surface area contributed by atoms with E-state index in [9.17, 15) is 4.79 Å². The molecule has 6 heteroatoms. The highest BCUT2D eigenvalue weighted by atomic mass is 35.5. The van der Waals surface area contributed by atoms with Crippen molar-refractivity contribution in [3.63, 3.8) is 0 Å². The van der Waals surface area contributed by atoms with E-state index in [1.807, 2.05) is 19.1 Å². The Balaban J connectivity index is 1.89. The first kappa shape index (κ1) is 18.9. The van der Waals surface area contributed by atoms with Gasteiger partial charge >= 0.3 is 0 Å². The van der Waals surface area contributed by atoms with Crippen molar-refractivity contribution in [3.05, 3.63) is 76.1 Å². The molecule has 0 aliphatic carbocycles. The van der Waals surface area contributed by atoms with Crippen molar-refractivity contribution < 1.29 is 9.53 Å². The van der Waals surface area contributed by atoms with Gasteiger partial charge in [-0.15, -0.1) is 0 Å². The van der Waals surface area contributed by atoms with E-state index in [0.29, 0.717) is 35.1 Å². The van der Waals surface area contributed by atoms with E-state index < -0.39 is 0 Å². The molecule has 0 aliphatic heterocycles. The summed E-state index contributed by atoms with van der Waals surface area (Å²) in [5, 5.41) is 2.85. The largest absolute Gasteiger partial charge is 0.380 e. The Labute approximate surface area is 171 Å². The molecule has 4 aromatic rings. The minimum atomic E-state index is -0.302. The van der Waals surface area contributed by atoms with Crippen LogP contribution in [0.4, 0.5) is 0 Å². The van der Waals surface area contributed by atoms with Crippen molar-refractivity contribution in [3.8, 4) is 0 Å². The molecule has 142 valence electrons. The maximum Gasteiger partial charge on any atom is 0.279 e. The maximum absolute atomic E-state index is 12.7. The van der Waals surface area contributed by atoms with Gasteiger partial charge in [-0.3, -0.25) is 4.79 Å². The second-order valence-electron chi connectivity index (χ2n) is 6.30. The van der Waals surface area contributed by atoms with Gasteiger partial charge < -0.3 is 9.30 Å². The number of fused-ring (bicyclic) bond motifs is 3. The molecule has 1 amide bonds. The van der Waals surface area contributed by atoms with Crippen molar-refractivity contribution in [1.29, 1.82) is 0 Å². The van der Waals surface area contributed by atoms with Gasteiger partial charge in [-0.05, 0) is 36.6 Å². The first-order valence-corrected chi connectivity index (χ1v) is 10.3. The lowest BCUT2D eigenvalue weighted by atomic mass is 10.1. The fraction of sp³-hybridized carbons (Fsp3) is 0.182. The Bertz CT molecular complexity index is 1230. The van der Waals surface area contributed by atoms with Crippen LogP contribution in [0.1, 0.15) is 17.3 Å². The maximum atomic E-state index is 12.7. The van der Waals surface area contributed by atoms with Gasteiger partial charge in [0.05, 0.1) is 16.8 Å². The number of carbonyl (C=O) groups is 1. The minimum absolute atomic E-state index is 0.302. The average Bonchev–Trinajstić information content (AvgIpc) is 3.06. The molecule has 3 aromatic carbocycles. The van der Waals surface area contributed by atoms with Crippen molar-refractivity contribution in [1.82, 2.24) is 4.57 Å². The van der Waals surface area contributed by atoms with E-state index in [1.54, 1.807) is 24.3 Å². The van der Waals surface area contributed by atoms with Gasteiger partial charge in [-0.1, -0.05) is 59.3 Å². The summed E-state index contributed by atoms with van der Waals surface area (Å²) in [5.74, 6) is -0.302. The molecule has 0 atom stereocenters. The molecule has 4 nitrogen and oxygen atoms in total. The van der Waals surface area contributed by atoms with Gasteiger partial charge in [-0.2, -0.15) is 4.99 Å². The van der Waals surface area contributed by atoms with Crippen LogP contribution in [0, 0.1) is 0 Å². The zero-order chi connectivity index (χ0) is 19.5. The quantitative estimate of drug-likeness (QED) is 0.420. The summed E-state index contributed by atoms with van der Waals surface area (Å²) in [4.78, 5) is 17.8. The molecule has 0 saturated carbocycles. The zero-order valence-electron chi connectivity index (χ0n) is 15.4. The molecule has 0 bridgehead atoms. The van der Waals surface area contributed by atoms with Crippen LogP contribution in [0.15, 0.2) is 65.7 Å². The van der Waals surface area contributed by atoms with E-state index in [0.717, 1.165) is 15.6 Å². The molecule has 28 heavy (non-hydrogen) atoms. The van der Waals surface area contributed by atoms with E-state index in [-0.39, 0.29) is 5.91 Å². The fourth-order valence-electron chi connectivity index (χ4n) is 3.17. The number of carbonyl (C=O) groups excluding carboxylic acids is 1. The molecule has 4 rings (SSSR count). The third kappa shape index (κ3) is 3.74. The molecular weight excluding hydrogens is 392 g/mol. The van der Waals surface area contributed by atoms with Gasteiger partial charge in [-0.25, -0.2) is 0 Å². The predicted octanol–water partition coefficient (Wildman–Crippen LogP) is 5.29. The summed E-state index contributed by atoms with van der Waals surface area (Å²) < 4.78 is 8.72. The van der Waals surface area contributed by atoms with Crippen LogP contribution < -0.4 is 4.80 Å². The summed E-state index contributed by atoms with van der Waals surface area (Å²) in [6, 6.07) is 19.3.